The molecule has 0 bridgehead atoms. The molecule has 1 fully saturated rings. The Kier molecular flexibility index (Phi) is 3.92. The molecule has 1 unspecified atom stereocenters. The number of ether oxygens (including phenoxy) is 2. The highest BCUT2D eigenvalue weighted by molar-refractivity contribution is 6.18. The third-order valence-electron chi connectivity index (χ3n) is 2.79. The number of rotatable bonds is 3. The molecule has 5 nitrogen and oxygen atoms in total. The van der Waals surface area contributed by atoms with Gasteiger partial charge >= 0.3 is 0 Å². The number of methoxy groups -OCH3 is 1. The Labute approximate surface area is 112 Å². The number of morpholine rings is 1. The quantitative estimate of drug-likeness (QED) is 0.784. The van der Waals surface area contributed by atoms with Crippen molar-refractivity contribution in [2.45, 2.75) is 25.6 Å². The van der Waals surface area contributed by atoms with Gasteiger partial charge in [0.25, 0.3) is 0 Å². The molecule has 1 aromatic heterocycles. The summed E-state index contributed by atoms with van der Waals surface area (Å²) in [5.41, 5.74) is -0.247. The number of anilines is 1. The van der Waals surface area contributed by atoms with Gasteiger partial charge < -0.3 is 14.4 Å². The third-order valence-corrected chi connectivity index (χ3v) is 3.13. The Morgan fingerprint density at radius 1 is 1.56 bits per heavy atom. The fourth-order valence-corrected chi connectivity index (χ4v) is 2.30. The van der Waals surface area contributed by atoms with Gasteiger partial charge in [-0.2, -0.15) is 4.98 Å². The van der Waals surface area contributed by atoms with Crippen LogP contribution in [0.4, 0.5) is 5.82 Å². The van der Waals surface area contributed by atoms with Gasteiger partial charge in [-0.15, -0.1) is 11.6 Å². The Bertz CT molecular complexity index is 414. The summed E-state index contributed by atoms with van der Waals surface area (Å²) >= 11 is 5.91. The molecule has 18 heavy (non-hydrogen) atoms. The van der Waals surface area contributed by atoms with Crippen LogP contribution in [0.2, 0.25) is 0 Å². The van der Waals surface area contributed by atoms with Crippen LogP contribution in [0.3, 0.4) is 0 Å². The van der Waals surface area contributed by atoms with Crippen molar-refractivity contribution >= 4 is 17.4 Å². The zero-order valence-corrected chi connectivity index (χ0v) is 11.6. The molecule has 1 atom stereocenters. The molecule has 1 aliphatic rings. The number of halogens is 1. The minimum absolute atomic E-state index is 0.00316. The summed E-state index contributed by atoms with van der Waals surface area (Å²) in [6, 6.07) is 0. The van der Waals surface area contributed by atoms with E-state index in [-0.39, 0.29) is 11.7 Å². The predicted molar refractivity (Wildman–Crippen MR) is 70.5 cm³/mol. The van der Waals surface area contributed by atoms with Crippen LogP contribution >= 0.6 is 11.6 Å². The van der Waals surface area contributed by atoms with Gasteiger partial charge in [0, 0.05) is 13.1 Å². The molecule has 1 aromatic rings. The molecule has 100 valence electrons. The molecule has 1 aliphatic heterocycles. The molecular weight excluding hydrogens is 254 g/mol. The highest BCUT2D eigenvalue weighted by atomic mass is 35.5. The normalized spacial score (nSPS) is 22.9. The van der Waals surface area contributed by atoms with Gasteiger partial charge in [-0.25, -0.2) is 0 Å². The van der Waals surface area contributed by atoms with Crippen molar-refractivity contribution in [3.8, 4) is 5.88 Å². The summed E-state index contributed by atoms with van der Waals surface area (Å²) in [5.74, 6) is 1.78. The smallest absolute Gasteiger partial charge is 0.233 e. The fraction of sp³-hybridized carbons (Fsp3) is 0.667. The van der Waals surface area contributed by atoms with Gasteiger partial charge in [0.2, 0.25) is 5.88 Å². The number of nitrogens with zero attached hydrogens (tertiary/aromatic N) is 3. The number of alkyl halides is 1. The minimum atomic E-state index is -0.247. The van der Waals surface area contributed by atoms with Crippen LogP contribution < -0.4 is 9.64 Å². The first-order valence-corrected chi connectivity index (χ1v) is 6.42. The van der Waals surface area contributed by atoms with Gasteiger partial charge in [0.05, 0.1) is 37.1 Å². The Morgan fingerprint density at radius 2 is 2.33 bits per heavy atom. The van der Waals surface area contributed by atoms with E-state index in [4.69, 9.17) is 21.1 Å². The average Bonchev–Trinajstić information content (AvgIpc) is 2.37. The van der Waals surface area contributed by atoms with Crippen LogP contribution in [0.1, 0.15) is 13.8 Å². The summed E-state index contributed by atoms with van der Waals surface area (Å²) in [6.45, 7) is 5.57. The van der Waals surface area contributed by atoms with E-state index in [9.17, 15) is 0 Å². The Balaban J connectivity index is 2.20. The molecule has 0 radical (unpaired) electrons. The van der Waals surface area contributed by atoms with Crippen LogP contribution in [0, 0.1) is 0 Å². The van der Waals surface area contributed by atoms with E-state index in [1.165, 1.54) is 0 Å². The first kappa shape index (κ1) is 13.4. The van der Waals surface area contributed by atoms with E-state index in [2.05, 4.69) is 14.9 Å². The Morgan fingerprint density at radius 3 is 3.00 bits per heavy atom. The SMILES string of the molecule is COc1cncc(N2CC(CCl)OC(C)(C)C2)n1. The lowest BCUT2D eigenvalue weighted by Gasteiger charge is -2.42. The van der Waals surface area contributed by atoms with Gasteiger partial charge in [-0.3, -0.25) is 4.98 Å². The first-order valence-electron chi connectivity index (χ1n) is 5.89. The third kappa shape index (κ3) is 3.03. The van der Waals surface area contributed by atoms with Crippen LogP contribution in [0.5, 0.6) is 5.88 Å². The topological polar surface area (TPSA) is 47.5 Å². The molecule has 2 rings (SSSR count). The molecule has 6 heteroatoms. The summed E-state index contributed by atoms with van der Waals surface area (Å²) in [7, 11) is 1.58. The molecule has 0 aromatic carbocycles. The van der Waals surface area contributed by atoms with E-state index in [1.54, 1.807) is 19.5 Å². The standard InChI is InChI=1S/C12H18ClN3O2/c1-12(2)8-16(7-9(4-13)18-12)10-5-14-6-11(15-10)17-3/h5-6,9H,4,7-8H2,1-3H3. The average molecular weight is 272 g/mol. The second-order valence-corrected chi connectivity index (χ2v) is 5.26. The predicted octanol–water partition coefficient (Wildman–Crippen LogP) is 1.71. The van der Waals surface area contributed by atoms with Crippen molar-refractivity contribution < 1.29 is 9.47 Å². The minimum Gasteiger partial charge on any atom is -0.480 e. The maximum Gasteiger partial charge on any atom is 0.233 e. The summed E-state index contributed by atoms with van der Waals surface area (Å²) < 4.78 is 11.0. The zero-order chi connectivity index (χ0) is 13.2. The monoisotopic (exact) mass is 271 g/mol. The van der Waals surface area contributed by atoms with E-state index >= 15 is 0 Å². The number of aromatic nitrogens is 2. The lowest BCUT2D eigenvalue weighted by Crippen LogP contribution is -2.53. The van der Waals surface area contributed by atoms with E-state index < -0.39 is 0 Å². The lowest BCUT2D eigenvalue weighted by atomic mass is 10.1. The number of hydrogen-bond donors (Lipinski definition) is 0. The van der Waals surface area contributed by atoms with Gasteiger partial charge in [0.1, 0.15) is 0 Å². The first-order chi connectivity index (χ1) is 8.54. The van der Waals surface area contributed by atoms with E-state index in [0.717, 1.165) is 18.9 Å². The molecule has 1 saturated heterocycles. The van der Waals surface area contributed by atoms with Gasteiger partial charge in [-0.05, 0) is 13.8 Å². The van der Waals surface area contributed by atoms with Crippen LogP contribution in [0.25, 0.3) is 0 Å². The molecule has 0 aliphatic carbocycles. The zero-order valence-electron chi connectivity index (χ0n) is 10.9. The van der Waals surface area contributed by atoms with Crippen molar-refractivity contribution in [2.24, 2.45) is 0 Å². The second kappa shape index (κ2) is 5.28. The highest BCUT2D eigenvalue weighted by Crippen LogP contribution is 2.25. The van der Waals surface area contributed by atoms with Crippen molar-refractivity contribution in [1.82, 2.24) is 9.97 Å². The largest absolute Gasteiger partial charge is 0.480 e. The van der Waals surface area contributed by atoms with Crippen LogP contribution in [-0.4, -0.2) is 47.8 Å². The highest BCUT2D eigenvalue weighted by Gasteiger charge is 2.33. The van der Waals surface area contributed by atoms with E-state index in [1.807, 2.05) is 13.8 Å². The van der Waals surface area contributed by atoms with Gasteiger partial charge in [0.15, 0.2) is 5.82 Å². The molecule has 0 saturated carbocycles. The number of hydrogen-bond acceptors (Lipinski definition) is 5. The lowest BCUT2D eigenvalue weighted by molar-refractivity contribution is -0.0736. The summed E-state index contributed by atoms with van der Waals surface area (Å²) in [4.78, 5) is 10.6. The van der Waals surface area contributed by atoms with E-state index in [0.29, 0.717) is 11.8 Å². The molecule has 0 N–H and O–H groups in total. The van der Waals surface area contributed by atoms with Crippen molar-refractivity contribution in [3.05, 3.63) is 12.4 Å². The maximum atomic E-state index is 5.91. The van der Waals surface area contributed by atoms with Crippen LogP contribution in [-0.2, 0) is 4.74 Å². The molecular formula is C12H18ClN3O2. The second-order valence-electron chi connectivity index (χ2n) is 4.95. The summed E-state index contributed by atoms with van der Waals surface area (Å²) in [6.07, 6.45) is 3.33. The van der Waals surface area contributed by atoms with Crippen LogP contribution in [0.15, 0.2) is 12.4 Å². The van der Waals surface area contributed by atoms with Crippen molar-refractivity contribution in [1.29, 1.82) is 0 Å². The molecule has 0 spiro atoms. The van der Waals surface area contributed by atoms with Crippen molar-refractivity contribution in [2.75, 3.05) is 31.0 Å². The molecule has 0 amide bonds. The molecule has 2 heterocycles. The summed E-state index contributed by atoms with van der Waals surface area (Å²) in [5, 5.41) is 0. The maximum absolute atomic E-state index is 5.91. The van der Waals surface area contributed by atoms with Gasteiger partial charge in [-0.1, -0.05) is 0 Å². The Hall–Kier alpha value is -1.07. The fourth-order valence-electron chi connectivity index (χ4n) is 2.14. The van der Waals surface area contributed by atoms with Crippen molar-refractivity contribution in [3.63, 3.8) is 0 Å².